The maximum atomic E-state index is 5.05. The zero-order chi connectivity index (χ0) is 8.10. The lowest BCUT2D eigenvalue weighted by molar-refractivity contribution is 0.152. The summed E-state index contributed by atoms with van der Waals surface area (Å²) in [6.45, 7) is 5.79. The van der Waals surface area contributed by atoms with Gasteiger partial charge in [-0.05, 0) is 39.3 Å². The van der Waals surface area contributed by atoms with Gasteiger partial charge in [0.15, 0.2) is 0 Å². The van der Waals surface area contributed by atoms with E-state index in [1.165, 1.54) is 32.4 Å². The Balaban J connectivity index is 2.12. The van der Waals surface area contributed by atoms with Gasteiger partial charge >= 0.3 is 0 Å². The van der Waals surface area contributed by atoms with Crippen LogP contribution < -0.4 is 0 Å². The largest absolute Gasteiger partial charge is 0.385 e. The molecule has 1 atom stereocenters. The third kappa shape index (κ3) is 2.80. The van der Waals surface area contributed by atoms with Gasteiger partial charge in [0.1, 0.15) is 0 Å². The number of hydrogen-bond donors (Lipinski definition) is 0. The van der Waals surface area contributed by atoms with Crippen LogP contribution in [0.4, 0.5) is 0 Å². The van der Waals surface area contributed by atoms with Crippen molar-refractivity contribution < 1.29 is 4.74 Å². The van der Waals surface area contributed by atoms with Crippen LogP contribution in [-0.4, -0.2) is 37.7 Å². The Morgan fingerprint density at radius 1 is 1.36 bits per heavy atom. The zero-order valence-corrected chi connectivity index (χ0v) is 7.68. The minimum Gasteiger partial charge on any atom is -0.385 e. The van der Waals surface area contributed by atoms with Crippen molar-refractivity contribution in [3.05, 3.63) is 0 Å². The Kier molecular flexibility index (Phi) is 3.87. The van der Waals surface area contributed by atoms with Gasteiger partial charge in [-0.25, -0.2) is 0 Å². The highest BCUT2D eigenvalue weighted by molar-refractivity contribution is 4.72. The highest BCUT2D eigenvalue weighted by Crippen LogP contribution is 2.13. The fraction of sp³-hybridized carbons (Fsp3) is 1.00. The first-order valence-corrected chi connectivity index (χ1v) is 4.57. The average Bonchev–Trinajstić information content (AvgIpc) is 2.52. The molecule has 1 unspecified atom stereocenters. The molecule has 1 saturated heterocycles. The third-order valence-electron chi connectivity index (χ3n) is 2.50. The lowest BCUT2D eigenvalue weighted by Gasteiger charge is -2.22. The molecule has 0 aliphatic carbocycles. The topological polar surface area (TPSA) is 12.5 Å². The second-order valence-corrected chi connectivity index (χ2v) is 3.37. The van der Waals surface area contributed by atoms with Crippen LogP contribution in [0.2, 0.25) is 0 Å². The quantitative estimate of drug-likeness (QED) is 0.613. The first-order chi connectivity index (χ1) is 5.34. The number of methoxy groups -OCH3 is 1. The molecular weight excluding hydrogens is 138 g/mol. The molecule has 1 aliphatic heterocycles. The van der Waals surface area contributed by atoms with Crippen molar-refractivity contribution in [2.45, 2.75) is 32.2 Å². The summed E-state index contributed by atoms with van der Waals surface area (Å²) < 4.78 is 5.05. The van der Waals surface area contributed by atoms with E-state index in [4.69, 9.17) is 4.74 Å². The third-order valence-corrected chi connectivity index (χ3v) is 2.50. The van der Waals surface area contributed by atoms with Crippen LogP contribution >= 0.6 is 0 Å². The molecule has 1 aliphatic rings. The van der Waals surface area contributed by atoms with Crippen LogP contribution in [0.25, 0.3) is 0 Å². The number of rotatable bonds is 4. The van der Waals surface area contributed by atoms with Gasteiger partial charge in [-0.1, -0.05) is 0 Å². The van der Waals surface area contributed by atoms with Gasteiger partial charge in [-0.15, -0.1) is 0 Å². The van der Waals surface area contributed by atoms with Crippen molar-refractivity contribution in [1.82, 2.24) is 4.90 Å². The van der Waals surface area contributed by atoms with Crippen LogP contribution in [0.5, 0.6) is 0 Å². The Labute approximate surface area is 69.5 Å². The summed E-state index contributed by atoms with van der Waals surface area (Å²) in [5.41, 5.74) is 0. The van der Waals surface area contributed by atoms with E-state index in [-0.39, 0.29) is 0 Å². The second-order valence-electron chi connectivity index (χ2n) is 3.37. The van der Waals surface area contributed by atoms with Gasteiger partial charge in [0.2, 0.25) is 0 Å². The summed E-state index contributed by atoms with van der Waals surface area (Å²) in [5, 5.41) is 0. The SMILES string of the molecule is COCCC(C)N1CCCC1. The van der Waals surface area contributed by atoms with Crippen molar-refractivity contribution in [2.75, 3.05) is 26.8 Å². The number of likely N-dealkylation sites (tertiary alicyclic amines) is 1. The van der Waals surface area contributed by atoms with E-state index in [0.29, 0.717) is 0 Å². The normalized spacial score (nSPS) is 22.4. The molecule has 0 saturated carbocycles. The first-order valence-electron chi connectivity index (χ1n) is 4.57. The maximum Gasteiger partial charge on any atom is 0.0477 e. The summed E-state index contributed by atoms with van der Waals surface area (Å²) in [4.78, 5) is 2.55. The van der Waals surface area contributed by atoms with E-state index >= 15 is 0 Å². The number of nitrogens with zero attached hydrogens (tertiary/aromatic N) is 1. The van der Waals surface area contributed by atoms with Crippen molar-refractivity contribution in [3.8, 4) is 0 Å². The smallest absolute Gasteiger partial charge is 0.0477 e. The van der Waals surface area contributed by atoms with E-state index in [9.17, 15) is 0 Å². The van der Waals surface area contributed by atoms with Crippen molar-refractivity contribution in [2.24, 2.45) is 0 Å². The predicted octanol–water partition coefficient (Wildman–Crippen LogP) is 1.51. The Morgan fingerprint density at radius 3 is 2.55 bits per heavy atom. The van der Waals surface area contributed by atoms with Crippen LogP contribution in [0.15, 0.2) is 0 Å². The Morgan fingerprint density at radius 2 is 2.00 bits per heavy atom. The molecule has 2 heteroatoms. The first kappa shape index (κ1) is 9.01. The summed E-state index contributed by atoms with van der Waals surface area (Å²) in [6.07, 6.45) is 3.95. The van der Waals surface area contributed by atoms with Gasteiger partial charge in [-0.2, -0.15) is 0 Å². The lowest BCUT2D eigenvalue weighted by atomic mass is 10.2. The number of ether oxygens (including phenoxy) is 1. The molecule has 0 aromatic rings. The van der Waals surface area contributed by atoms with Gasteiger partial charge < -0.3 is 9.64 Å². The van der Waals surface area contributed by atoms with E-state index in [2.05, 4.69) is 11.8 Å². The molecule has 1 rings (SSSR count). The molecule has 0 radical (unpaired) electrons. The molecule has 0 N–H and O–H groups in total. The molecular formula is C9H19NO. The minimum atomic E-state index is 0.720. The average molecular weight is 157 g/mol. The van der Waals surface area contributed by atoms with Crippen molar-refractivity contribution in [3.63, 3.8) is 0 Å². The molecule has 1 heterocycles. The maximum absolute atomic E-state index is 5.05. The monoisotopic (exact) mass is 157 g/mol. The van der Waals surface area contributed by atoms with Crippen molar-refractivity contribution in [1.29, 1.82) is 0 Å². The zero-order valence-electron chi connectivity index (χ0n) is 7.68. The molecule has 11 heavy (non-hydrogen) atoms. The standard InChI is InChI=1S/C9H19NO/c1-9(5-8-11-2)10-6-3-4-7-10/h9H,3-8H2,1-2H3. The van der Waals surface area contributed by atoms with Gasteiger partial charge in [0, 0.05) is 19.8 Å². The van der Waals surface area contributed by atoms with Crippen LogP contribution in [-0.2, 0) is 4.74 Å². The molecule has 0 aromatic heterocycles. The summed E-state index contributed by atoms with van der Waals surface area (Å²) in [6, 6.07) is 0.720. The molecule has 0 aromatic carbocycles. The molecule has 66 valence electrons. The fourth-order valence-electron chi connectivity index (χ4n) is 1.65. The Bertz CT molecular complexity index is 99.7. The molecule has 0 bridgehead atoms. The van der Waals surface area contributed by atoms with Crippen LogP contribution in [0.1, 0.15) is 26.2 Å². The number of hydrogen-bond acceptors (Lipinski definition) is 2. The van der Waals surface area contributed by atoms with E-state index in [1.54, 1.807) is 7.11 Å². The lowest BCUT2D eigenvalue weighted by Crippen LogP contribution is -2.30. The van der Waals surface area contributed by atoms with E-state index < -0.39 is 0 Å². The van der Waals surface area contributed by atoms with Gasteiger partial charge in [0.25, 0.3) is 0 Å². The second kappa shape index (κ2) is 4.73. The highest BCUT2D eigenvalue weighted by atomic mass is 16.5. The van der Waals surface area contributed by atoms with Gasteiger partial charge in [-0.3, -0.25) is 0 Å². The van der Waals surface area contributed by atoms with Crippen LogP contribution in [0, 0.1) is 0 Å². The molecule has 0 amide bonds. The van der Waals surface area contributed by atoms with Gasteiger partial charge in [0.05, 0.1) is 0 Å². The predicted molar refractivity (Wildman–Crippen MR) is 46.8 cm³/mol. The minimum absolute atomic E-state index is 0.720. The molecule has 0 spiro atoms. The summed E-state index contributed by atoms with van der Waals surface area (Å²) in [7, 11) is 1.77. The van der Waals surface area contributed by atoms with Crippen LogP contribution in [0.3, 0.4) is 0 Å². The molecule has 2 nitrogen and oxygen atoms in total. The van der Waals surface area contributed by atoms with Crippen molar-refractivity contribution >= 4 is 0 Å². The van der Waals surface area contributed by atoms with E-state index in [0.717, 1.165) is 12.6 Å². The van der Waals surface area contributed by atoms with E-state index in [1.807, 2.05) is 0 Å². The highest BCUT2D eigenvalue weighted by Gasteiger charge is 2.16. The Hall–Kier alpha value is -0.0800. The summed E-state index contributed by atoms with van der Waals surface area (Å²) >= 11 is 0. The molecule has 1 fully saturated rings. The fourth-order valence-corrected chi connectivity index (χ4v) is 1.65. The summed E-state index contributed by atoms with van der Waals surface area (Å²) in [5.74, 6) is 0.